The first-order valence-corrected chi connectivity index (χ1v) is 12.5. The highest BCUT2D eigenvalue weighted by Gasteiger charge is 2.22. The minimum absolute atomic E-state index is 0.375. The Hall–Kier alpha value is -1.83. The highest BCUT2D eigenvalue weighted by molar-refractivity contribution is 5.80. The average molecular weight is 446 g/mol. The zero-order chi connectivity index (χ0) is 22.4. The summed E-state index contributed by atoms with van der Waals surface area (Å²) in [5.41, 5.74) is 1.34. The molecule has 0 radical (unpaired) electrons. The molecule has 0 aliphatic carbocycles. The lowest BCUT2D eigenvalue weighted by Gasteiger charge is -2.36. The van der Waals surface area contributed by atoms with Crippen LogP contribution in [0.5, 0.6) is 0 Å². The Morgan fingerprint density at radius 1 is 1.00 bits per heavy atom. The molecule has 1 aromatic carbocycles. The first kappa shape index (κ1) is 24.8. The Labute approximate surface area is 194 Å². The molecule has 3 rings (SSSR count). The van der Waals surface area contributed by atoms with Gasteiger partial charge in [-0.1, -0.05) is 18.2 Å². The quantitative estimate of drug-likeness (QED) is 0.321. The van der Waals surface area contributed by atoms with Gasteiger partial charge in [-0.05, 0) is 44.7 Å². The van der Waals surface area contributed by atoms with E-state index >= 15 is 0 Å². The number of hydrogen-bond donors (Lipinski definition) is 1. The average Bonchev–Trinajstić information content (AvgIpc) is 2.85. The Morgan fingerprint density at radius 2 is 1.75 bits per heavy atom. The maximum Gasteiger partial charge on any atom is 0.193 e. The van der Waals surface area contributed by atoms with Crippen LogP contribution in [0.1, 0.15) is 32.6 Å². The van der Waals surface area contributed by atoms with Crippen LogP contribution < -0.4 is 10.2 Å². The molecule has 32 heavy (non-hydrogen) atoms. The van der Waals surface area contributed by atoms with E-state index in [9.17, 15) is 0 Å². The van der Waals surface area contributed by atoms with Crippen LogP contribution in [0.3, 0.4) is 0 Å². The smallest absolute Gasteiger partial charge is 0.193 e. The van der Waals surface area contributed by atoms with Crippen LogP contribution in [0.2, 0.25) is 0 Å². The summed E-state index contributed by atoms with van der Waals surface area (Å²) in [6.07, 6.45) is 4.61. The Morgan fingerprint density at radius 3 is 2.44 bits per heavy atom. The van der Waals surface area contributed by atoms with Gasteiger partial charge in [0.05, 0.1) is 6.10 Å². The van der Waals surface area contributed by atoms with Gasteiger partial charge in [-0.15, -0.1) is 0 Å². The largest absolute Gasteiger partial charge is 0.385 e. The van der Waals surface area contributed by atoms with Gasteiger partial charge in [0, 0.05) is 84.9 Å². The van der Waals surface area contributed by atoms with E-state index in [1.807, 2.05) is 0 Å². The van der Waals surface area contributed by atoms with Gasteiger partial charge >= 0.3 is 0 Å². The summed E-state index contributed by atoms with van der Waals surface area (Å²) < 4.78 is 11.1. The summed E-state index contributed by atoms with van der Waals surface area (Å²) in [4.78, 5) is 12.4. The van der Waals surface area contributed by atoms with Crippen LogP contribution in [-0.4, -0.2) is 101 Å². The number of rotatable bonds is 11. The molecule has 180 valence electrons. The van der Waals surface area contributed by atoms with Crippen molar-refractivity contribution in [1.29, 1.82) is 0 Å². The van der Waals surface area contributed by atoms with E-state index in [1.165, 1.54) is 5.69 Å². The fraction of sp³-hybridized carbons (Fsp3) is 0.720. The number of hydrogen-bond acceptors (Lipinski definition) is 5. The van der Waals surface area contributed by atoms with E-state index in [4.69, 9.17) is 14.5 Å². The van der Waals surface area contributed by atoms with E-state index in [0.29, 0.717) is 6.10 Å². The summed E-state index contributed by atoms with van der Waals surface area (Å²) in [5, 5.41) is 3.49. The molecule has 7 nitrogen and oxygen atoms in total. The maximum absolute atomic E-state index is 6.00. The highest BCUT2D eigenvalue weighted by atomic mass is 16.5. The maximum atomic E-state index is 6.00. The molecule has 7 heteroatoms. The topological polar surface area (TPSA) is 52.6 Å². The third kappa shape index (κ3) is 8.26. The van der Waals surface area contributed by atoms with Crippen LogP contribution in [0.25, 0.3) is 0 Å². The molecule has 2 aliphatic rings. The predicted octanol–water partition coefficient (Wildman–Crippen LogP) is 2.68. The number of nitrogens with zero attached hydrogens (tertiary/aromatic N) is 4. The van der Waals surface area contributed by atoms with Gasteiger partial charge in [0.25, 0.3) is 0 Å². The second-order valence-corrected chi connectivity index (χ2v) is 8.66. The predicted molar refractivity (Wildman–Crippen MR) is 133 cm³/mol. The van der Waals surface area contributed by atoms with Crippen LogP contribution in [0, 0.1) is 0 Å². The molecule has 0 bridgehead atoms. The van der Waals surface area contributed by atoms with E-state index < -0.39 is 0 Å². The van der Waals surface area contributed by atoms with Gasteiger partial charge in [0.2, 0.25) is 0 Å². The van der Waals surface area contributed by atoms with Crippen molar-refractivity contribution in [3.05, 3.63) is 30.3 Å². The van der Waals surface area contributed by atoms with E-state index in [1.54, 1.807) is 7.11 Å². The molecule has 2 heterocycles. The molecule has 2 aliphatic heterocycles. The lowest BCUT2D eigenvalue weighted by Crippen LogP contribution is -2.47. The molecular weight excluding hydrogens is 402 g/mol. The van der Waals surface area contributed by atoms with Crippen molar-refractivity contribution in [3.8, 4) is 0 Å². The number of nitrogens with one attached hydrogen (secondary N) is 1. The van der Waals surface area contributed by atoms with Gasteiger partial charge in [-0.25, -0.2) is 0 Å². The molecule has 0 amide bonds. The molecule has 0 aromatic heterocycles. The molecule has 1 N–H and O–H groups in total. The van der Waals surface area contributed by atoms with Crippen molar-refractivity contribution in [2.45, 2.75) is 38.7 Å². The van der Waals surface area contributed by atoms with Crippen molar-refractivity contribution in [2.75, 3.05) is 84.1 Å². The van der Waals surface area contributed by atoms with Crippen molar-refractivity contribution in [2.24, 2.45) is 4.99 Å². The fourth-order valence-corrected chi connectivity index (χ4v) is 4.46. The number of aliphatic imine (C=N–C) groups is 1. The van der Waals surface area contributed by atoms with Crippen molar-refractivity contribution < 1.29 is 9.47 Å². The summed E-state index contributed by atoms with van der Waals surface area (Å²) in [6.45, 7) is 13.2. The van der Waals surface area contributed by atoms with Crippen molar-refractivity contribution >= 4 is 11.6 Å². The van der Waals surface area contributed by atoms with Gasteiger partial charge in [-0.2, -0.15) is 0 Å². The second kappa shape index (κ2) is 14.3. The highest BCUT2D eigenvalue weighted by Crippen LogP contribution is 2.16. The molecule has 0 unspecified atom stereocenters. The van der Waals surface area contributed by atoms with Gasteiger partial charge < -0.3 is 24.6 Å². The summed E-state index contributed by atoms with van der Waals surface area (Å²) in [7, 11) is 1.74. The van der Waals surface area contributed by atoms with Crippen molar-refractivity contribution in [3.63, 3.8) is 0 Å². The zero-order valence-corrected chi connectivity index (χ0v) is 20.2. The Kier molecular flexibility index (Phi) is 11.1. The molecule has 0 spiro atoms. The van der Waals surface area contributed by atoms with Gasteiger partial charge in [0.1, 0.15) is 0 Å². The van der Waals surface area contributed by atoms with Crippen LogP contribution in [0.15, 0.2) is 35.3 Å². The minimum Gasteiger partial charge on any atom is -0.385 e. The number of para-hydroxylation sites is 1. The normalized spacial score (nSPS) is 18.9. The van der Waals surface area contributed by atoms with Crippen LogP contribution in [-0.2, 0) is 9.47 Å². The number of ether oxygens (including phenoxy) is 2. The lowest BCUT2D eigenvalue weighted by molar-refractivity contribution is 0.00990. The number of anilines is 1. The molecule has 2 saturated heterocycles. The number of likely N-dealkylation sites (tertiary alicyclic amines) is 1. The van der Waals surface area contributed by atoms with Crippen LogP contribution >= 0.6 is 0 Å². The standard InChI is InChI=1S/C25H43N5O2/c1-3-26-25(30-15-11-24(12-16-30)32-22-8-21-31-2)27-13-7-14-28-17-19-29(20-18-28)23-9-5-4-6-10-23/h4-6,9-10,24H,3,7-8,11-22H2,1-2H3,(H,26,27). The number of piperidine rings is 1. The number of benzene rings is 1. The second-order valence-electron chi connectivity index (χ2n) is 8.66. The monoisotopic (exact) mass is 445 g/mol. The Balaban J connectivity index is 1.33. The third-order valence-electron chi connectivity index (χ3n) is 6.31. The zero-order valence-electron chi connectivity index (χ0n) is 20.2. The first-order chi connectivity index (χ1) is 15.8. The van der Waals surface area contributed by atoms with E-state index in [0.717, 1.165) is 104 Å². The molecular formula is C25H43N5O2. The summed E-state index contributed by atoms with van der Waals surface area (Å²) in [5.74, 6) is 1.07. The van der Waals surface area contributed by atoms with E-state index in [-0.39, 0.29) is 0 Å². The van der Waals surface area contributed by atoms with Crippen molar-refractivity contribution in [1.82, 2.24) is 15.1 Å². The summed E-state index contributed by atoms with van der Waals surface area (Å²) in [6, 6.07) is 10.8. The van der Waals surface area contributed by atoms with Gasteiger partial charge in [-0.3, -0.25) is 9.89 Å². The molecule has 0 atom stereocenters. The lowest BCUT2D eigenvalue weighted by atomic mass is 10.1. The first-order valence-electron chi connectivity index (χ1n) is 12.5. The van der Waals surface area contributed by atoms with E-state index in [2.05, 4.69) is 57.3 Å². The molecule has 0 saturated carbocycles. The fourth-order valence-electron chi connectivity index (χ4n) is 4.46. The molecule has 1 aromatic rings. The number of guanidine groups is 1. The number of methoxy groups -OCH3 is 1. The Bertz CT molecular complexity index is 641. The van der Waals surface area contributed by atoms with Gasteiger partial charge in [0.15, 0.2) is 5.96 Å². The number of piperazine rings is 1. The summed E-state index contributed by atoms with van der Waals surface area (Å²) >= 11 is 0. The minimum atomic E-state index is 0.375. The third-order valence-corrected chi connectivity index (χ3v) is 6.31. The SMILES string of the molecule is CCNC(=NCCCN1CCN(c2ccccc2)CC1)N1CCC(OCCCOC)CC1. The molecule has 2 fully saturated rings. The van der Waals surface area contributed by atoms with Crippen LogP contribution in [0.4, 0.5) is 5.69 Å².